The third kappa shape index (κ3) is 2.80. The second-order valence-electron chi connectivity index (χ2n) is 12.3. The number of rotatable bonds is 1. The van der Waals surface area contributed by atoms with Crippen LogP contribution in [0.3, 0.4) is 0 Å². The van der Waals surface area contributed by atoms with Crippen molar-refractivity contribution in [3.63, 3.8) is 0 Å². The summed E-state index contributed by atoms with van der Waals surface area (Å²) in [7, 11) is 0.984. The van der Waals surface area contributed by atoms with Crippen LogP contribution < -0.4 is 4.74 Å². The molecule has 2 aromatic rings. The van der Waals surface area contributed by atoms with Crippen LogP contribution in [0.1, 0.15) is 58.3 Å². The van der Waals surface area contributed by atoms with E-state index in [1.807, 2.05) is 0 Å². The highest BCUT2D eigenvalue weighted by molar-refractivity contribution is 6.34. The van der Waals surface area contributed by atoms with E-state index in [4.69, 9.17) is 25.8 Å². The van der Waals surface area contributed by atoms with Gasteiger partial charge in [-0.1, -0.05) is 11.6 Å². The lowest BCUT2D eigenvalue weighted by Gasteiger charge is -2.44. The minimum absolute atomic E-state index is 0.0320. The summed E-state index contributed by atoms with van der Waals surface area (Å²) in [6, 6.07) is 2.11. The standard InChI is InChI=1S/C31H23ClO13/c1-29-18-13-8(7-30(27(29)45-29)19(24(18)40)21(37)14-9(33)3-4-10(34)15(14)26(30)41)20(32)23(39)16-22(38)17-11(35)5-6-12(36)31(17,28(42)43-2)44-25(13)16/h3-4,12,18,27,33-34,36-39H,5-7H2,1-2H3/t12-,18-,27?,29?,30+,31+/m1/s1. The molecule has 6 atom stereocenters. The predicted octanol–water partition coefficient (Wildman–Crippen LogP) is 2.29. The fourth-order valence-corrected chi connectivity index (χ4v) is 8.63. The van der Waals surface area contributed by atoms with Crippen LogP contribution in [0, 0.1) is 5.41 Å². The largest absolute Gasteiger partial charge is 0.507 e. The summed E-state index contributed by atoms with van der Waals surface area (Å²) in [5.74, 6) is -9.26. The van der Waals surface area contributed by atoms with Gasteiger partial charge in [0.2, 0.25) is 0 Å². The summed E-state index contributed by atoms with van der Waals surface area (Å²) in [6.07, 6.45) is -3.82. The highest BCUT2D eigenvalue weighted by atomic mass is 35.5. The summed E-state index contributed by atoms with van der Waals surface area (Å²) in [6.45, 7) is 1.53. The van der Waals surface area contributed by atoms with Gasteiger partial charge >= 0.3 is 5.97 Å². The molecule has 2 saturated carbocycles. The van der Waals surface area contributed by atoms with Gasteiger partial charge in [-0.05, 0) is 37.5 Å². The van der Waals surface area contributed by atoms with Crippen molar-refractivity contribution in [1.29, 1.82) is 0 Å². The maximum Gasteiger partial charge on any atom is 0.358 e. The third-order valence-electron chi connectivity index (χ3n) is 10.3. The molecule has 0 radical (unpaired) electrons. The fraction of sp³-hybridized carbons (Fsp3) is 0.355. The van der Waals surface area contributed by atoms with Crippen molar-refractivity contribution in [3.05, 3.63) is 56.1 Å². The lowest BCUT2D eigenvalue weighted by molar-refractivity contribution is -0.169. The number of fused-ring (bicyclic) bond motifs is 3. The Bertz CT molecular complexity index is 1980. The number of aliphatic hydroxyl groups excluding tert-OH is 3. The van der Waals surface area contributed by atoms with Gasteiger partial charge in [0, 0.05) is 12.0 Å². The third-order valence-corrected chi connectivity index (χ3v) is 10.7. The number of carbonyl (C=O) groups is 4. The van der Waals surface area contributed by atoms with Gasteiger partial charge in [0.25, 0.3) is 5.60 Å². The van der Waals surface area contributed by atoms with Gasteiger partial charge in [-0.25, -0.2) is 4.79 Å². The van der Waals surface area contributed by atoms with E-state index in [1.165, 1.54) is 6.92 Å². The van der Waals surface area contributed by atoms with E-state index < -0.39 is 132 Å². The molecule has 232 valence electrons. The van der Waals surface area contributed by atoms with E-state index in [-0.39, 0.29) is 24.0 Å². The second kappa shape index (κ2) is 8.16. The number of halogens is 1. The van der Waals surface area contributed by atoms with E-state index in [9.17, 15) is 49.8 Å². The van der Waals surface area contributed by atoms with Crippen molar-refractivity contribution in [3.8, 4) is 23.0 Å². The maximum atomic E-state index is 14.6. The summed E-state index contributed by atoms with van der Waals surface area (Å²) < 4.78 is 17.2. The number of phenolic OH excluding ortho intramolecular Hbond substituents is 3. The van der Waals surface area contributed by atoms with Gasteiger partial charge in [-0.15, -0.1) is 0 Å². The Kier molecular flexibility index (Phi) is 5.06. The van der Waals surface area contributed by atoms with Crippen LogP contribution >= 0.6 is 11.6 Å². The zero-order chi connectivity index (χ0) is 32.3. The van der Waals surface area contributed by atoms with E-state index >= 15 is 0 Å². The first-order chi connectivity index (χ1) is 21.2. The van der Waals surface area contributed by atoms with Crippen molar-refractivity contribution >= 4 is 46.4 Å². The number of hydrogen-bond donors (Lipinski definition) is 6. The number of esters is 1. The van der Waals surface area contributed by atoms with E-state index in [0.29, 0.717) is 0 Å². The molecule has 7 aliphatic rings. The average molecular weight is 639 g/mol. The Morgan fingerprint density at radius 1 is 1.00 bits per heavy atom. The molecular formula is C31H23ClO13. The number of phenols is 3. The Morgan fingerprint density at radius 2 is 1.64 bits per heavy atom. The number of aliphatic hydroxyl groups is 3. The molecule has 1 saturated heterocycles. The second-order valence-corrected chi connectivity index (χ2v) is 12.7. The zero-order valence-electron chi connectivity index (χ0n) is 23.4. The van der Waals surface area contributed by atoms with Crippen LogP contribution in [0.4, 0.5) is 0 Å². The first-order valence-electron chi connectivity index (χ1n) is 14.0. The average Bonchev–Trinajstić information content (AvgIpc) is 3.73. The Hall–Kier alpha value is -4.59. The van der Waals surface area contributed by atoms with Crippen molar-refractivity contribution in [1.82, 2.24) is 0 Å². The number of hydrogen-bond acceptors (Lipinski definition) is 13. The quantitative estimate of drug-likeness (QED) is 0.150. The van der Waals surface area contributed by atoms with E-state index in [1.54, 1.807) is 0 Å². The van der Waals surface area contributed by atoms with Gasteiger partial charge < -0.3 is 44.8 Å². The Labute approximate surface area is 257 Å². The normalized spacial score (nSPS) is 33.7. The molecule has 2 aliphatic heterocycles. The first kappa shape index (κ1) is 27.9. The molecule has 13 nitrogen and oxygen atoms in total. The molecule has 1 spiro atoms. The summed E-state index contributed by atoms with van der Waals surface area (Å²) in [4.78, 5) is 55.5. The fourth-order valence-electron chi connectivity index (χ4n) is 8.37. The number of Topliss-reactive ketones (excluding diaryl/α,β-unsaturated/α-hetero) is 3. The minimum Gasteiger partial charge on any atom is -0.507 e. The van der Waals surface area contributed by atoms with Gasteiger partial charge in [0.1, 0.15) is 57.9 Å². The van der Waals surface area contributed by atoms with Crippen molar-refractivity contribution < 1.29 is 64.0 Å². The Balaban J connectivity index is 1.49. The number of epoxide rings is 1. The summed E-state index contributed by atoms with van der Waals surface area (Å²) >= 11 is 6.74. The molecule has 14 heteroatoms. The van der Waals surface area contributed by atoms with E-state index in [0.717, 1.165) is 19.2 Å². The lowest BCUT2D eigenvalue weighted by atomic mass is 9.56. The van der Waals surface area contributed by atoms with E-state index in [2.05, 4.69) is 0 Å². The molecular weight excluding hydrogens is 616 g/mol. The minimum atomic E-state index is -2.59. The maximum absolute atomic E-state index is 14.6. The smallest absolute Gasteiger partial charge is 0.358 e. The van der Waals surface area contributed by atoms with Crippen LogP contribution in [0.25, 0.3) is 11.5 Å². The van der Waals surface area contributed by atoms with Crippen molar-refractivity contribution in [2.24, 2.45) is 5.41 Å². The molecule has 3 fully saturated rings. The van der Waals surface area contributed by atoms with Crippen molar-refractivity contribution in [2.75, 3.05) is 7.11 Å². The van der Waals surface area contributed by atoms with Gasteiger partial charge in [-0.3, -0.25) is 14.4 Å². The number of benzene rings is 2. The molecule has 0 aromatic heterocycles. The van der Waals surface area contributed by atoms with Gasteiger partial charge in [0.15, 0.2) is 17.3 Å². The molecule has 5 aliphatic carbocycles. The molecule has 2 bridgehead atoms. The number of ketones is 3. The molecule has 2 aromatic carbocycles. The number of carbonyl (C=O) groups excluding carboxylic acids is 4. The van der Waals surface area contributed by atoms with Crippen LogP contribution in [-0.2, 0) is 30.3 Å². The van der Waals surface area contributed by atoms with Crippen LogP contribution in [0.5, 0.6) is 23.0 Å². The highest BCUT2D eigenvalue weighted by Gasteiger charge is 2.80. The molecule has 2 heterocycles. The zero-order valence-corrected chi connectivity index (χ0v) is 24.2. The SMILES string of the molecule is COC(=O)[C@@]12Oc3c(c(O)c(Cl)c4c3[C@@H]3C(=O)C5=C(O)c6c(O)ccc(O)c6C(=O)[C@@]5(C4)C4OC43C)C(O)=C1C(=O)CC[C@H]2O. The molecule has 2 unspecified atom stereocenters. The molecule has 6 N–H and O–H groups in total. The molecule has 0 amide bonds. The molecule has 45 heavy (non-hydrogen) atoms. The number of methoxy groups -OCH3 is 1. The Morgan fingerprint density at radius 3 is 2.31 bits per heavy atom. The molecule has 9 rings (SSSR count). The van der Waals surface area contributed by atoms with Crippen LogP contribution in [0.15, 0.2) is 23.3 Å². The van der Waals surface area contributed by atoms with Crippen molar-refractivity contribution in [2.45, 2.75) is 55.5 Å². The monoisotopic (exact) mass is 638 g/mol. The topological polar surface area (TPSA) is 221 Å². The lowest BCUT2D eigenvalue weighted by Crippen LogP contribution is -2.61. The van der Waals surface area contributed by atoms with Gasteiger partial charge in [-0.2, -0.15) is 0 Å². The van der Waals surface area contributed by atoms with Crippen LogP contribution in [-0.4, -0.2) is 84.5 Å². The van der Waals surface area contributed by atoms with Gasteiger partial charge in [0.05, 0.1) is 45.7 Å². The first-order valence-corrected chi connectivity index (χ1v) is 14.3. The highest BCUT2D eigenvalue weighted by Crippen LogP contribution is 2.72. The van der Waals surface area contributed by atoms with Crippen LogP contribution in [0.2, 0.25) is 5.02 Å². The number of ether oxygens (including phenoxy) is 3. The summed E-state index contributed by atoms with van der Waals surface area (Å²) in [5, 5.41) is 66.5. The number of aromatic hydroxyl groups is 3. The predicted molar refractivity (Wildman–Crippen MR) is 149 cm³/mol. The summed E-state index contributed by atoms with van der Waals surface area (Å²) in [5.41, 5.74) is -8.71.